The maximum Gasteiger partial charge on any atom is 0.362 e. The fourth-order valence-electron chi connectivity index (χ4n) is 1.40. The molecule has 0 bridgehead atoms. The summed E-state index contributed by atoms with van der Waals surface area (Å²) in [4.78, 5) is 33.6. The second-order valence-corrected chi connectivity index (χ2v) is 3.35. The lowest BCUT2D eigenvalue weighted by atomic mass is 9.97. The van der Waals surface area contributed by atoms with E-state index in [4.69, 9.17) is 9.84 Å². The van der Waals surface area contributed by atoms with Crippen LogP contribution >= 0.6 is 0 Å². The van der Waals surface area contributed by atoms with Crippen LogP contribution in [0.5, 0.6) is 0 Å². The Morgan fingerprint density at radius 2 is 2.19 bits per heavy atom. The average molecular weight is 228 g/mol. The van der Waals surface area contributed by atoms with Crippen molar-refractivity contribution >= 4 is 17.9 Å². The van der Waals surface area contributed by atoms with Crippen LogP contribution in [-0.4, -0.2) is 35.2 Å². The summed E-state index contributed by atoms with van der Waals surface area (Å²) >= 11 is 0. The van der Waals surface area contributed by atoms with Crippen LogP contribution in [0.15, 0.2) is 12.7 Å². The van der Waals surface area contributed by atoms with Crippen molar-refractivity contribution in [3.05, 3.63) is 12.7 Å². The van der Waals surface area contributed by atoms with Gasteiger partial charge in [-0.1, -0.05) is 6.58 Å². The van der Waals surface area contributed by atoms with Crippen molar-refractivity contribution in [2.75, 3.05) is 6.61 Å². The molecule has 1 fully saturated rings. The molecule has 0 saturated carbocycles. The molecular weight excluding hydrogens is 216 g/mol. The van der Waals surface area contributed by atoms with Crippen LogP contribution in [0.2, 0.25) is 0 Å². The number of rotatable bonds is 3. The number of cyclic esters (lactones) is 1. The molecule has 1 aliphatic heterocycles. The van der Waals surface area contributed by atoms with E-state index in [0.717, 1.165) is 6.08 Å². The lowest BCUT2D eigenvalue weighted by molar-refractivity contribution is -0.190. The zero-order valence-electron chi connectivity index (χ0n) is 8.60. The highest BCUT2D eigenvalue weighted by atomic mass is 16.6. The van der Waals surface area contributed by atoms with Gasteiger partial charge in [0.05, 0.1) is 6.61 Å². The average Bonchev–Trinajstić information content (AvgIpc) is 2.42. The van der Waals surface area contributed by atoms with Gasteiger partial charge in [-0.3, -0.25) is 0 Å². The molecule has 1 heterocycles. The van der Waals surface area contributed by atoms with Crippen molar-refractivity contribution in [2.24, 2.45) is 0 Å². The maximum atomic E-state index is 11.5. The lowest BCUT2D eigenvalue weighted by Gasteiger charge is -2.24. The third-order valence-electron chi connectivity index (χ3n) is 2.27. The molecule has 1 N–H and O–H groups in total. The number of hydrogen-bond donors (Lipinski definition) is 1. The maximum absolute atomic E-state index is 11.5. The number of carbonyl (C=O) groups is 3. The minimum Gasteiger partial charge on any atom is -0.478 e. The topological polar surface area (TPSA) is 89.9 Å². The highest BCUT2D eigenvalue weighted by molar-refractivity contribution is 6.05. The Labute approximate surface area is 91.8 Å². The lowest BCUT2D eigenvalue weighted by Crippen LogP contribution is -2.50. The van der Waals surface area contributed by atoms with Crippen molar-refractivity contribution in [1.82, 2.24) is 0 Å². The quantitative estimate of drug-likeness (QED) is 0.423. The highest BCUT2D eigenvalue weighted by Crippen LogP contribution is 2.25. The van der Waals surface area contributed by atoms with Gasteiger partial charge in [0.15, 0.2) is 0 Å². The Balaban J connectivity index is 3.01. The summed E-state index contributed by atoms with van der Waals surface area (Å²) in [5.74, 6) is -3.51. The second-order valence-electron chi connectivity index (χ2n) is 3.35. The van der Waals surface area contributed by atoms with Gasteiger partial charge in [0.1, 0.15) is 0 Å². The van der Waals surface area contributed by atoms with Gasteiger partial charge >= 0.3 is 23.5 Å². The van der Waals surface area contributed by atoms with E-state index in [2.05, 4.69) is 11.3 Å². The molecule has 6 nitrogen and oxygen atoms in total. The Morgan fingerprint density at radius 1 is 1.50 bits per heavy atom. The molecule has 0 radical (unpaired) electrons. The Bertz CT molecular complexity index is 334. The number of carbonyl (C=O) groups excluding carboxylic acids is 2. The first-order chi connectivity index (χ1) is 7.53. The largest absolute Gasteiger partial charge is 0.478 e. The predicted molar refractivity (Wildman–Crippen MR) is 51.5 cm³/mol. The molecule has 1 aliphatic rings. The van der Waals surface area contributed by atoms with Crippen LogP contribution in [-0.2, 0) is 23.9 Å². The van der Waals surface area contributed by atoms with E-state index >= 15 is 0 Å². The van der Waals surface area contributed by atoms with E-state index in [1.807, 2.05) is 0 Å². The van der Waals surface area contributed by atoms with Crippen molar-refractivity contribution in [3.8, 4) is 0 Å². The summed E-state index contributed by atoms with van der Waals surface area (Å²) in [5.41, 5.74) is -2.22. The molecule has 1 atom stereocenters. The van der Waals surface area contributed by atoms with Crippen LogP contribution in [0.3, 0.4) is 0 Å². The second kappa shape index (κ2) is 4.78. The summed E-state index contributed by atoms with van der Waals surface area (Å²) in [7, 11) is 0. The number of hydrogen-bond acceptors (Lipinski definition) is 5. The molecule has 1 unspecified atom stereocenters. The van der Waals surface area contributed by atoms with E-state index in [1.54, 1.807) is 0 Å². The minimum atomic E-state index is -2.22. The highest BCUT2D eigenvalue weighted by Gasteiger charge is 2.52. The van der Waals surface area contributed by atoms with E-state index in [0.29, 0.717) is 12.8 Å². The van der Waals surface area contributed by atoms with Crippen LogP contribution in [0.25, 0.3) is 0 Å². The molecule has 0 aliphatic carbocycles. The first-order valence-corrected chi connectivity index (χ1v) is 4.79. The first kappa shape index (κ1) is 12.2. The van der Waals surface area contributed by atoms with Gasteiger partial charge in [0.25, 0.3) is 0 Å². The van der Waals surface area contributed by atoms with Crippen LogP contribution in [0, 0.1) is 0 Å². The van der Waals surface area contributed by atoms with Crippen molar-refractivity contribution in [3.63, 3.8) is 0 Å². The van der Waals surface area contributed by atoms with Crippen LogP contribution in [0.1, 0.15) is 19.3 Å². The van der Waals surface area contributed by atoms with Gasteiger partial charge in [0, 0.05) is 12.5 Å². The third kappa shape index (κ3) is 2.21. The van der Waals surface area contributed by atoms with Gasteiger partial charge in [-0.05, 0) is 12.8 Å². The van der Waals surface area contributed by atoms with Crippen LogP contribution in [0.4, 0.5) is 0 Å². The molecule has 0 aromatic heterocycles. The molecule has 0 aromatic rings. The minimum absolute atomic E-state index is 0.0826. The first-order valence-electron chi connectivity index (χ1n) is 4.79. The molecule has 1 saturated heterocycles. The number of carboxylic acids is 1. The van der Waals surface area contributed by atoms with Crippen LogP contribution < -0.4 is 0 Å². The molecule has 16 heavy (non-hydrogen) atoms. The van der Waals surface area contributed by atoms with E-state index in [-0.39, 0.29) is 13.0 Å². The summed E-state index contributed by atoms with van der Waals surface area (Å²) in [6, 6.07) is 0. The summed E-state index contributed by atoms with van der Waals surface area (Å²) in [5, 5.41) is 9.02. The molecule has 0 aromatic carbocycles. The van der Waals surface area contributed by atoms with E-state index in [1.165, 1.54) is 0 Å². The Kier molecular flexibility index (Phi) is 3.65. The van der Waals surface area contributed by atoms with Gasteiger partial charge in [0.2, 0.25) is 0 Å². The van der Waals surface area contributed by atoms with Crippen molar-refractivity contribution in [1.29, 1.82) is 0 Å². The number of aliphatic carboxylic acids is 1. The number of esters is 2. The molecule has 0 amide bonds. The summed E-state index contributed by atoms with van der Waals surface area (Å²) < 4.78 is 9.34. The fraction of sp³-hybridized carbons (Fsp3) is 0.500. The molecular formula is C10H12O6. The van der Waals surface area contributed by atoms with Gasteiger partial charge in [-0.25, -0.2) is 14.4 Å². The monoisotopic (exact) mass is 228 g/mol. The fourth-order valence-corrected chi connectivity index (χ4v) is 1.40. The normalized spacial score (nSPS) is 25.1. The Hall–Kier alpha value is -1.85. The summed E-state index contributed by atoms with van der Waals surface area (Å²) in [6.45, 7) is 3.28. The third-order valence-corrected chi connectivity index (χ3v) is 2.27. The molecule has 0 spiro atoms. The molecule has 88 valence electrons. The van der Waals surface area contributed by atoms with Gasteiger partial charge in [-0.15, -0.1) is 0 Å². The Morgan fingerprint density at radius 3 is 2.75 bits per heavy atom. The van der Waals surface area contributed by atoms with E-state index < -0.39 is 23.5 Å². The zero-order chi connectivity index (χ0) is 12.2. The predicted octanol–water partition coefficient (Wildman–Crippen LogP) is 0.266. The zero-order valence-corrected chi connectivity index (χ0v) is 8.60. The standard InChI is InChI=1S/C10H12O6/c1-2-7(11)16-10(8(12)13)5-3-4-6-15-9(10)14/h2H,1,3-6H2,(H,12,13). The van der Waals surface area contributed by atoms with Crippen molar-refractivity contribution < 1.29 is 29.0 Å². The molecule has 6 heteroatoms. The van der Waals surface area contributed by atoms with Gasteiger partial charge in [-0.2, -0.15) is 0 Å². The smallest absolute Gasteiger partial charge is 0.362 e. The molecule has 1 rings (SSSR count). The number of carboxylic acid groups (broad SMARTS) is 1. The SMILES string of the molecule is C=CC(=O)OC1(C(=O)O)CCCCOC1=O. The summed E-state index contributed by atoms with van der Waals surface area (Å²) in [6.07, 6.45) is 1.71. The number of ether oxygens (including phenoxy) is 2. The van der Waals surface area contributed by atoms with E-state index in [9.17, 15) is 14.4 Å². The van der Waals surface area contributed by atoms with Crippen molar-refractivity contribution in [2.45, 2.75) is 24.9 Å². The van der Waals surface area contributed by atoms with Gasteiger partial charge < -0.3 is 14.6 Å².